The summed E-state index contributed by atoms with van der Waals surface area (Å²) in [6, 6.07) is 17.6. The Kier molecular flexibility index (Phi) is 8.89. The molecule has 154 valence electrons. The minimum Gasteiger partial charge on any atom is -0.469 e. The van der Waals surface area contributed by atoms with Crippen molar-refractivity contribution in [3.05, 3.63) is 60.2 Å². The molecule has 2 aromatic rings. The fourth-order valence-electron chi connectivity index (χ4n) is 2.96. The van der Waals surface area contributed by atoms with Crippen LogP contribution in [0.4, 0.5) is 0 Å². The van der Waals surface area contributed by atoms with Crippen LogP contribution in [-0.2, 0) is 30.3 Å². The largest absolute Gasteiger partial charge is 0.469 e. The minimum absolute atomic E-state index is 0.000231. The Morgan fingerprint density at radius 1 is 0.897 bits per heavy atom. The summed E-state index contributed by atoms with van der Waals surface area (Å²) in [7, 11) is 1.28. The molecule has 29 heavy (non-hydrogen) atoms. The predicted molar refractivity (Wildman–Crippen MR) is 110 cm³/mol. The van der Waals surface area contributed by atoms with E-state index >= 15 is 0 Å². The predicted octanol–water partition coefficient (Wildman–Crippen LogP) is 3.29. The van der Waals surface area contributed by atoms with Gasteiger partial charge in [-0.05, 0) is 30.0 Å². The molecule has 0 aliphatic carbocycles. The highest BCUT2D eigenvalue weighted by Gasteiger charge is 2.18. The molecule has 0 radical (unpaired) electrons. The second kappa shape index (κ2) is 11.6. The van der Waals surface area contributed by atoms with Crippen molar-refractivity contribution in [2.75, 3.05) is 13.7 Å². The van der Waals surface area contributed by atoms with Crippen molar-refractivity contribution in [2.45, 2.75) is 38.6 Å². The maximum absolute atomic E-state index is 12.2. The number of carbonyl (C=O) groups is 3. The van der Waals surface area contributed by atoms with Gasteiger partial charge in [-0.25, -0.2) is 0 Å². The van der Waals surface area contributed by atoms with E-state index in [1.807, 2.05) is 54.6 Å². The van der Waals surface area contributed by atoms with Crippen LogP contribution < -0.4 is 5.32 Å². The van der Waals surface area contributed by atoms with Gasteiger partial charge in [-0.2, -0.15) is 0 Å². The number of carbonyl (C=O) groups excluding carboxylic acids is 3. The van der Waals surface area contributed by atoms with Gasteiger partial charge >= 0.3 is 11.9 Å². The first kappa shape index (κ1) is 22.1. The third kappa shape index (κ3) is 7.78. The molecular formula is C23H27NO5. The molecule has 0 aliphatic heterocycles. The summed E-state index contributed by atoms with van der Waals surface area (Å²) in [5.41, 5.74) is 3.21. The molecule has 0 heterocycles. The number of benzene rings is 2. The van der Waals surface area contributed by atoms with Gasteiger partial charge in [0.05, 0.1) is 26.6 Å². The lowest BCUT2D eigenvalue weighted by Crippen LogP contribution is -2.38. The standard InChI is InChI=1S/C23H27NO5/c1-3-29-23(27)16-20(24-21(25)13-14-22(26)28-2)15-17-9-11-19(12-10-17)18-7-5-4-6-8-18/h4-12,20H,3,13-16H2,1-2H3,(H,24,25)/t20-/m1/s1. The van der Waals surface area contributed by atoms with E-state index in [-0.39, 0.29) is 37.7 Å². The fraction of sp³-hybridized carbons (Fsp3) is 0.348. The highest BCUT2D eigenvalue weighted by atomic mass is 16.5. The maximum atomic E-state index is 12.2. The van der Waals surface area contributed by atoms with Crippen LogP contribution in [0.2, 0.25) is 0 Å². The van der Waals surface area contributed by atoms with Crippen molar-refractivity contribution in [2.24, 2.45) is 0 Å². The summed E-state index contributed by atoms with van der Waals surface area (Å²) in [6.07, 6.45) is 0.565. The number of ether oxygens (including phenoxy) is 2. The van der Waals surface area contributed by atoms with E-state index in [4.69, 9.17) is 4.74 Å². The van der Waals surface area contributed by atoms with Gasteiger partial charge in [0.15, 0.2) is 0 Å². The second-order valence-corrected chi connectivity index (χ2v) is 6.62. The zero-order chi connectivity index (χ0) is 21.1. The van der Waals surface area contributed by atoms with E-state index < -0.39 is 12.0 Å². The molecule has 6 nitrogen and oxygen atoms in total. The molecule has 0 saturated carbocycles. The second-order valence-electron chi connectivity index (χ2n) is 6.62. The van der Waals surface area contributed by atoms with Gasteiger partial charge in [-0.1, -0.05) is 54.6 Å². The Labute approximate surface area is 171 Å². The molecular weight excluding hydrogens is 370 g/mol. The van der Waals surface area contributed by atoms with Crippen LogP contribution in [0, 0.1) is 0 Å². The smallest absolute Gasteiger partial charge is 0.307 e. The lowest BCUT2D eigenvalue weighted by atomic mass is 9.99. The van der Waals surface area contributed by atoms with E-state index in [2.05, 4.69) is 10.1 Å². The quantitative estimate of drug-likeness (QED) is 0.622. The lowest BCUT2D eigenvalue weighted by Gasteiger charge is -2.18. The van der Waals surface area contributed by atoms with Crippen LogP contribution in [-0.4, -0.2) is 37.6 Å². The van der Waals surface area contributed by atoms with Crippen molar-refractivity contribution in [1.82, 2.24) is 5.32 Å². The number of hydrogen-bond donors (Lipinski definition) is 1. The minimum atomic E-state index is -0.446. The topological polar surface area (TPSA) is 81.7 Å². The molecule has 0 bridgehead atoms. The van der Waals surface area contributed by atoms with E-state index in [1.165, 1.54) is 7.11 Å². The average molecular weight is 397 g/mol. The third-order valence-electron chi connectivity index (χ3n) is 4.41. The van der Waals surface area contributed by atoms with Crippen LogP contribution >= 0.6 is 0 Å². The molecule has 0 aliphatic rings. The number of methoxy groups -OCH3 is 1. The molecule has 1 amide bonds. The van der Waals surface area contributed by atoms with Gasteiger partial charge in [0.25, 0.3) is 0 Å². The van der Waals surface area contributed by atoms with Gasteiger partial charge in [-0.3, -0.25) is 14.4 Å². The molecule has 2 aromatic carbocycles. The number of esters is 2. The number of amides is 1. The van der Waals surface area contributed by atoms with E-state index in [9.17, 15) is 14.4 Å². The molecule has 0 saturated heterocycles. The zero-order valence-electron chi connectivity index (χ0n) is 16.9. The summed E-state index contributed by atoms with van der Waals surface area (Å²) in [5, 5.41) is 2.83. The van der Waals surface area contributed by atoms with Crippen LogP contribution in [0.5, 0.6) is 0 Å². The highest BCUT2D eigenvalue weighted by molar-refractivity contribution is 5.82. The molecule has 1 atom stereocenters. The van der Waals surface area contributed by atoms with Gasteiger partial charge in [-0.15, -0.1) is 0 Å². The molecule has 0 fully saturated rings. The molecule has 1 N–H and O–H groups in total. The lowest BCUT2D eigenvalue weighted by molar-refractivity contribution is -0.144. The Hall–Kier alpha value is -3.15. The van der Waals surface area contributed by atoms with Crippen molar-refractivity contribution in [3.63, 3.8) is 0 Å². The average Bonchev–Trinajstić information content (AvgIpc) is 2.73. The summed E-state index contributed by atoms with van der Waals surface area (Å²) < 4.78 is 9.57. The molecule has 0 unspecified atom stereocenters. The Bertz CT molecular complexity index is 802. The van der Waals surface area contributed by atoms with Crippen LogP contribution in [0.1, 0.15) is 31.7 Å². The number of nitrogens with one attached hydrogen (secondary N) is 1. The maximum Gasteiger partial charge on any atom is 0.307 e. The van der Waals surface area contributed by atoms with Crippen molar-refractivity contribution in [3.8, 4) is 11.1 Å². The fourth-order valence-corrected chi connectivity index (χ4v) is 2.96. The Morgan fingerprint density at radius 2 is 1.55 bits per heavy atom. The first-order valence-electron chi connectivity index (χ1n) is 9.68. The third-order valence-corrected chi connectivity index (χ3v) is 4.41. The highest BCUT2D eigenvalue weighted by Crippen LogP contribution is 2.20. The van der Waals surface area contributed by atoms with Crippen molar-refractivity contribution >= 4 is 17.8 Å². The van der Waals surface area contributed by atoms with Gasteiger partial charge < -0.3 is 14.8 Å². The van der Waals surface area contributed by atoms with Crippen LogP contribution in [0.15, 0.2) is 54.6 Å². The zero-order valence-corrected chi connectivity index (χ0v) is 16.9. The molecule has 2 rings (SSSR count). The summed E-state index contributed by atoms with van der Waals surface area (Å²) in [6.45, 7) is 2.03. The summed E-state index contributed by atoms with van der Waals surface area (Å²) in [5.74, 6) is -1.11. The first-order valence-corrected chi connectivity index (χ1v) is 9.68. The first-order chi connectivity index (χ1) is 14.0. The summed E-state index contributed by atoms with van der Waals surface area (Å²) in [4.78, 5) is 35.3. The summed E-state index contributed by atoms with van der Waals surface area (Å²) >= 11 is 0. The van der Waals surface area contributed by atoms with E-state index in [0.717, 1.165) is 16.7 Å². The number of hydrogen-bond acceptors (Lipinski definition) is 5. The van der Waals surface area contributed by atoms with Gasteiger partial charge in [0, 0.05) is 12.5 Å². The molecule has 0 aromatic heterocycles. The van der Waals surface area contributed by atoms with Gasteiger partial charge in [0.2, 0.25) is 5.91 Å². The van der Waals surface area contributed by atoms with Gasteiger partial charge in [0.1, 0.15) is 0 Å². The Balaban J connectivity index is 2.03. The molecule has 0 spiro atoms. The number of rotatable bonds is 10. The van der Waals surface area contributed by atoms with Crippen molar-refractivity contribution < 1.29 is 23.9 Å². The van der Waals surface area contributed by atoms with Crippen LogP contribution in [0.25, 0.3) is 11.1 Å². The Morgan fingerprint density at radius 3 is 2.17 bits per heavy atom. The molecule has 6 heteroatoms. The monoisotopic (exact) mass is 397 g/mol. The van der Waals surface area contributed by atoms with E-state index in [0.29, 0.717) is 6.42 Å². The normalized spacial score (nSPS) is 11.4. The van der Waals surface area contributed by atoms with Crippen molar-refractivity contribution in [1.29, 1.82) is 0 Å². The van der Waals surface area contributed by atoms with Crippen LogP contribution in [0.3, 0.4) is 0 Å². The SMILES string of the molecule is CCOC(=O)C[C@@H](Cc1ccc(-c2ccccc2)cc1)NC(=O)CCC(=O)OC. The van der Waals surface area contributed by atoms with E-state index in [1.54, 1.807) is 6.92 Å².